The summed E-state index contributed by atoms with van der Waals surface area (Å²) >= 11 is 3.81. The fourth-order valence-electron chi connectivity index (χ4n) is 4.24. The lowest BCUT2D eigenvalue weighted by Crippen LogP contribution is -2.06. The average molecular weight is 605 g/mol. The predicted molar refractivity (Wildman–Crippen MR) is 177 cm³/mol. The van der Waals surface area contributed by atoms with Crippen LogP contribution in [-0.4, -0.2) is 40.5 Å². The number of rotatable bonds is 27. The van der Waals surface area contributed by atoms with Gasteiger partial charge in [0.25, 0.3) is 0 Å². The summed E-state index contributed by atoms with van der Waals surface area (Å²) in [6.07, 6.45) is 27.6. The van der Waals surface area contributed by atoms with Gasteiger partial charge in [0.15, 0.2) is 0 Å². The summed E-state index contributed by atoms with van der Waals surface area (Å²) in [5.74, 6) is -0.570. The maximum absolute atomic E-state index is 10.7. The zero-order chi connectivity index (χ0) is 31.4. The maximum Gasteiger partial charge on any atom is 0.315 e. The molecule has 0 unspecified atom stereocenters. The fourth-order valence-corrected chi connectivity index (χ4v) is 4.33. The molecule has 0 heterocycles. The van der Waals surface area contributed by atoms with Gasteiger partial charge in [-0.2, -0.15) is 12.6 Å². The van der Waals surface area contributed by atoms with Crippen LogP contribution in [0.4, 0.5) is 0 Å². The summed E-state index contributed by atoms with van der Waals surface area (Å²) in [6.45, 7) is 9.46. The molecule has 41 heavy (non-hydrogen) atoms. The Kier molecular flexibility index (Phi) is 41.8. The Hall–Kier alpha value is -1.24. The van der Waals surface area contributed by atoms with Gasteiger partial charge in [0.2, 0.25) is 0 Å². The van der Waals surface area contributed by atoms with Crippen LogP contribution < -0.4 is 0 Å². The van der Waals surface area contributed by atoms with Crippen molar-refractivity contribution in [1.82, 2.24) is 0 Å². The number of esters is 1. The molecule has 0 rings (SSSR count). The molecule has 7 heteroatoms. The Morgan fingerprint density at radius 3 is 1.22 bits per heavy atom. The number of aliphatic carboxylic acids is 2. The molecule has 0 atom stereocenters. The molecule has 0 spiro atoms. The summed E-state index contributed by atoms with van der Waals surface area (Å²) in [4.78, 5) is 31.1. The van der Waals surface area contributed by atoms with E-state index in [4.69, 9.17) is 14.9 Å². The molecule has 2 N–H and O–H groups in total. The molecule has 0 radical (unpaired) electrons. The first-order valence-electron chi connectivity index (χ1n) is 16.9. The van der Waals surface area contributed by atoms with Gasteiger partial charge in [-0.15, -0.1) is 0 Å². The quantitative estimate of drug-likeness (QED) is 0.0490. The maximum atomic E-state index is 10.7. The lowest BCUT2D eigenvalue weighted by Gasteiger charge is -2.04. The Labute approximate surface area is 259 Å². The molecule has 0 aliphatic heterocycles. The van der Waals surface area contributed by atoms with Crippen LogP contribution >= 0.6 is 12.6 Å². The van der Waals surface area contributed by atoms with Crippen molar-refractivity contribution >= 4 is 30.5 Å². The van der Waals surface area contributed by atoms with Crippen molar-refractivity contribution in [2.24, 2.45) is 5.92 Å². The van der Waals surface area contributed by atoms with E-state index in [0.29, 0.717) is 19.4 Å². The largest absolute Gasteiger partial charge is 0.481 e. The molecule has 0 saturated heterocycles. The van der Waals surface area contributed by atoms with Crippen LogP contribution in [0.2, 0.25) is 0 Å². The Bertz CT molecular complexity index is 521. The van der Waals surface area contributed by atoms with Gasteiger partial charge in [-0.25, -0.2) is 0 Å². The number of carbonyl (C=O) groups is 3. The zero-order valence-electron chi connectivity index (χ0n) is 27.4. The number of hydrogen-bond acceptors (Lipinski definition) is 5. The van der Waals surface area contributed by atoms with Crippen molar-refractivity contribution in [1.29, 1.82) is 0 Å². The summed E-state index contributed by atoms with van der Waals surface area (Å²) < 4.78 is 4.88. The van der Waals surface area contributed by atoms with Crippen molar-refractivity contribution in [2.75, 3.05) is 12.4 Å². The molecule has 0 fully saturated rings. The van der Waals surface area contributed by atoms with Gasteiger partial charge in [0, 0.05) is 12.8 Å². The van der Waals surface area contributed by atoms with Crippen molar-refractivity contribution in [3.63, 3.8) is 0 Å². The highest BCUT2D eigenvalue weighted by atomic mass is 32.1. The molecule has 0 bridgehead atoms. The van der Waals surface area contributed by atoms with Gasteiger partial charge < -0.3 is 14.9 Å². The van der Waals surface area contributed by atoms with Gasteiger partial charge in [0.1, 0.15) is 0 Å². The number of unbranched alkanes of at least 4 members (excludes halogenated alkanes) is 18. The van der Waals surface area contributed by atoms with Crippen LogP contribution in [0.25, 0.3) is 0 Å². The number of thiol groups is 1. The summed E-state index contributed by atoms with van der Waals surface area (Å²) in [5.41, 5.74) is 0. The molecule has 0 aliphatic carbocycles. The van der Waals surface area contributed by atoms with E-state index in [2.05, 4.69) is 40.3 Å². The van der Waals surface area contributed by atoms with Crippen LogP contribution in [0.5, 0.6) is 0 Å². The molecular weight excluding hydrogens is 536 g/mol. The summed E-state index contributed by atoms with van der Waals surface area (Å²) in [5, 5.41) is 16.8. The molecule has 0 aromatic rings. The number of carbonyl (C=O) groups excluding carboxylic acids is 1. The number of carboxylic acids is 2. The second-order valence-electron chi connectivity index (χ2n) is 11.6. The van der Waals surface area contributed by atoms with Gasteiger partial charge in [0.05, 0.1) is 12.4 Å². The van der Waals surface area contributed by atoms with Gasteiger partial charge >= 0.3 is 17.9 Å². The topological polar surface area (TPSA) is 101 Å². The summed E-state index contributed by atoms with van der Waals surface area (Å²) in [6, 6.07) is 0. The van der Waals surface area contributed by atoms with E-state index in [0.717, 1.165) is 44.4 Å². The highest BCUT2D eigenvalue weighted by Crippen LogP contribution is 2.11. The Morgan fingerprint density at radius 1 is 0.561 bits per heavy atom. The first kappa shape index (κ1) is 44.2. The highest BCUT2D eigenvalue weighted by molar-refractivity contribution is 7.81. The first-order chi connectivity index (χ1) is 19.7. The van der Waals surface area contributed by atoms with E-state index in [9.17, 15) is 14.4 Å². The van der Waals surface area contributed by atoms with Gasteiger partial charge in [-0.3, -0.25) is 14.4 Å². The Morgan fingerprint density at radius 2 is 0.902 bits per heavy atom. The third-order valence-corrected chi connectivity index (χ3v) is 7.06. The first-order valence-corrected chi connectivity index (χ1v) is 17.5. The van der Waals surface area contributed by atoms with Gasteiger partial charge in [-0.05, 0) is 25.2 Å². The zero-order valence-corrected chi connectivity index (χ0v) is 28.3. The van der Waals surface area contributed by atoms with E-state index >= 15 is 0 Å². The lowest BCUT2D eigenvalue weighted by atomic mass is 10.1. The fraction of sp³-hybridized carbons (Fsp3) is 0.912. The lowest BCUT2D eigenvalue weighted by molar-refractivity contribution is -0.140. The van der Waals surface area contributed by atoms with E-state index in [1.807, 2.05) is 0 Å². The molecule has 0 aliphatic rings. The van der Waals surface area contributed by atoms with E-state index in [1.54, 1.807) is 0 Å². The second-order valence-corrected chi connectivity index (χ2v) is 11.9. The van der Waals surface area contributed by atoms with Crippen molar-refractivity contribution < 1.29 is 29.3 Å². The number of carboxylic acid groups (broad SMARTS) is 2. The third kappa shape index (κ3) is 51.9. The Balaban J connectivity index is -0.000000529. The monoisotopic (exact) mass is 604 g/mol. The predicted octanol–water partition coefficient (Wildman–Crippen LogP) is 10.7. The van der Waals surface area contributed by atoms with Crippen molar-refractivity contribution in [2.45, 2.75) is 182 Å². The third-order valence-electron chi connectivity index (χ3n) is 6.81. The number of ether oxygens (including phenoxy) is 1. The molecule has 0 aromatic carbocycles. The molecular formula is C34H68O6S. The van der Waals surface area contributed by atoms with Crippen LogP contribution in [0, 0.1) is 5.92 Å². The van der Waals surface area contributed by atoms with Crippen LogP contribution in [-0.2, 0) is 19.1 Å². The van der Waals surface area contributed by atoms with Crippen molar-refractivity contribution in [3.8, 4) is 0 Å². The van der Waals surface area contributed by atoms with E-state index < -0.39 is 11.9 Å². The van der Waals surface area contributed by atoms with Crippen LogP contribution in [0.1, 0.15) is 182 Å². The molecule has 6 nitrogen and oxygen atoms in total. The molecule has 246 valence electrons. The highest BCUT2D eigenvalue weighted by Gasteiger charge is 1.99. The van der Waals surface area contributed by atoms with Gasteiger partial charge in [-0.1, -0.05) is 150 Å². The van der Waals surface area contributed by atoms with Crippen molar-refractivity contribution in [3.05, 3.63) is 0 Å². The van der Waals surface area contributed by atoms with Crippen LogP contribution in [0.3, 0.4) is 0 Å². The minimum absolute atomic E-state index is 0.187. The van der Waals surface area contributed by atoms with E-state index in [1.165, 1.54) is 103 Å². The van der Waals surface area contributed by atoms with E-state index in [-0.39, 0.29) is 11.7 Å². The minimum atomic E-state index is -0.659. The average Bonchev–Trinajstić information content (AvgIpc) is 2.93. The SMILES string of the molecule is CC(C)CCCCCOC(=O)CS.CCCCCCCCCCCC(=O)O.CCCCCCCCCCCC(=O)O. The molecule has 0 aromatic heterocycles. The second kappa shape index (κ2) is 38.8. The normalized spacial score (nSPS) is 10.4. The van der Waals surface area contributed by atoms with Crippen LogP contribution in [0.15, 0.2) is 0 Å². The smallest absolute Gasteiger partial charge is 0.315 e. The molecule has 0 saturated carbocycles. The summed E-state index contributed by atoms with van der Waals surface area (Å²) in [7, 11) is 0. The molecule has 0 amide bonds. The number of hydrogen-bond donors (Lipinski definition) is 3. The standard InChI is InChI=1S/2C12H24O2.C10H20O2S/c2*1-2-3-4-5-6-7-8-9-10-11-12(13)14;1-9(2)6-4-3-5-7-12-10(11)8-13/h2*2-11H2,1H3,(H,13,14);9,13H,3-8H2,1-2H3. The minimum Gasteiger partial charge on any atom is -0.481 e.